The summed E-state index contributed by atoms with van der Waals surface area (Å²) in [6.07, 6.45) is 0.0369. The smallest absolute Gasteiger partial charge is 0.357 e. The number of esters is 1. The van der Waals surface area contributed by atoms with Gasteiger partial charge in [0.25, 0.3) is 0 Å². The molecule has 33 heavy (non-hydrogen) atoms. The van der Waals surface area contributed by atoms with Gasteiger partial charge in [-0.05, 0) is 28.8 Å². The maximum absolute atomic E-state index is 12.6. The molecular weight excluding hydrogens is 444 g/mol. The predicted molar refractivity (Wildman–Crippen MR) is 125 cm³/mol. The number of aliphatic carboxylic acids is 1. The zero-order valence-corrected chi connectivity index (χ0v) is 18.8. The van der Waals surface area contributed by atoms with Crippen LogP contribution in [0.25, 0.3) is 0 Å². The molecule has 0 aromatic heterocycles. The summed E-state index contributed by atoms with van der Waals surface area (Å²) in [5, 5.41) is 11.3. The summed E-state index contributed by atoms with van der Waals surface area (Å²) < 4.78 is 10.4. The molecule has 1 aliphatic rings. The number of hydrogen-bond acceptors (Lipinski definition) is 7. The lowest BCUT2D eigenvalue weighted by molar-refractivity contribution is -0.141. The van der Waals surface area contributed by atoms with Crippen LogP contribution in [0.15, 0.2) is 71.7 Å². The first kappa shape index (κ1) is 24.1. The number of aliphatic imine (C=N–C) groups is 1. The first-order valence-electron chi connectivity index (χ1n) is 10.1. The van der Waals surface area contributed by atoms with Crippen LogP contribution in [0.3, 0.4) is 0 Å². The Balaban J connectivity index is 1.67. The van der Waals surface area contributed by atoms with Gasteiger partial charge in [0.1, 0.15) is 23.4 Å². The van der Waals surface area contributed by atoms with Crippen LogP contribution in [0.2, 0.25) is 0 Å². The fourth-order valence-electron chi connectivity index (χ4n) is 3.08. The van der Waals surface area contributed by atoms with Gasteiger partial charge in [-0.15, -0.1) is 11.8 Å². The van der Waals surface area contributed by atoms with E-state index >= 15 is 0 Å². The third-order valence-corrected chi connectivity index (χ3v) is 6.05. The minimum Gasteiger partial charge on any atom is -0.497 e. The number of hydrogen-bond donors (Lipinski definition) is 2. The largest absolute Gasteiger partial charge is 0.497 e. The van der Waals surface area contributed by atoms with Gasteiger partial charge in [0.15, 0.2) is 6.04 Å². The molecule has 0 unspecified atom stereocenters. The lowest BCUT2D eigenvalue weighted by Gasteiger charge is -2.26. The van der Waals surface area contributed by atoms with E-state index in [1.54, 1.807) is 55.6 Å². The van der Waals surface area contributed by atoms with Crippen molar-refractivity contribution in [2.24, 2.45) is 4.99 Å². The molecule has 9 heteroatoms. The van der Waals surface area contributed by atoms with Gasteiger partial charge in [-0.1, -0.05) is 49.0 Å². The Labute approximate surface area is 195 Å². The Hall–Kier alpha value is -3.59. The quantitative estimate of drug-likeness (QED) is 0.544. The summed E-state index contributed by atoms with van der Waals surface area (Å²) in [5.74, 6) is -1.40. The van der Waals surface area contributed by atoms with Crippen molar-refractivity contribution in [1.82, 2.24) is 5.32 Å². The van der Waals surface area contributed by atoms with Crippen LogP contribution in [0, 0.1) is 0 Å². The van der Waals surface area contributed by atoms with E-state index in [-0.39, 0.29) is 18.7 Å². The molecule has 2 N–H and O–H groups in total. The fourth-order valence-corrected chi connectivity index (χ4v) is 4.14. The Morgan fingerprint density at radius 1 is 1.15 bits per heavy atom. The van der Waals surface area contributed by atoms with E-state index in [4.69, 9.17) is 9.47 Å². The van der Waals surface area contributed by atoms with Crippen LogP contribution in [0.4, 0.5) is 0 Å². The molecule has 1 heterocycles. The van der Waals surface area contributed by atoms with Gasteiger partial charge >= 0.3 is 11.9 Å². The van der Waals surface area contributed by atoms with E-state index in [2.05, 4.69) is 16.9 Å². The highest BCUT2D eigenvalue weighted by Gasteiger charge is 2.35. The number of thioether (sulfide) groups is 1. The molecular formula is C24H24N2O6S. The molecule has 1 amide bonds. The molecule has 0 saturated heterocycles. The summed E-state index contributed by atoms with van der Waals surface area (Å²) in [5.41, 5.74) is 1.94. The summed E-state index contributed by atoms with van der Waals surface area (Å²) in [7, 11) is 1.56. The number of carboxylic acid groups (broad SMARTS) is 1. The predicted octanol–water partition coefficient (Wildman–Crippen LogP) is 2.62. The lowest BCUT2D eigenvalue weighted by Crippen LogP contribution is -2.49. The van der Waals surface area contributed by atoms with Crippen molar-refractivity contribution < 1.29 is 29.0 Å². The highest BCUT2D eigenvalue weighted by atomic mass is 32.2. The Bertz CT molecular complexity index is 1050. The molecule has 8 nitrogen and oxygen atoms in total. The van der Waals surface area contributed by atoms with E-state index in [1.165, 1.54) is 11.8 Å². The summed E-state index contributed by atoms with van der Waals surface area (Å²) in [6, 6.07) is 14.7. The second kappa shape index (κ2) is 11.3. The van der Waals surface area contributed by atoms with Crippen molar-refractivity contribution in [3.8, 4) is 5.75 Å². The van der Waals surface area contributed by atoms with Crippen LogP contribution in [-0.2, 0) is 32.1 Å². The second-order valence-electron chi connectivity index (χ2n) is 7.25. The van der Waals surface area contributed by atoms with Gasteiger partial charge in [0, 0.05) is 5.75 Å². The van der Waals surface area contributed by atoms with Gasteiger partial charge in [-0.2, -0.15) is 0 Å². The number of carbonyl (C=O) groups is 3. The van der Waals surface area contributed by atoms with Crippen molar-refractivity contribution in [1.29, 1.82) is 0 Å². The van der Waals surface area contributed by atoms with Crippen LogP contribution < -0.4 is 10.1 Å². The monoisotopic (exact) mass is 468 g/mol. The van der Waals surface area contributed by atoms with Crippen molar-refractivity contribution >= 4 is 35.3 Å². The maximum Gasteiger partial charge on any atom is 0.357 e. The van der Waals surface area contributed by atoms with Crippen LogP contribution in [0.5, 0.6) is 5.75 Å². The number of amides is 1. The molecule has 3 rings (SSSR count). The number of ether oxygens (including phenoxy) is 2. The van der Waals surface area contributed by atoms with E-state index < -0.39 is 29.3 Å². The summed E-state index contributed by atoms with van der Waals surface area (Å²) in [4.78, 5) is 41.2. The highest BCUT2D eigenvalue weighted by molar-refractivity contribution is 8.00. The van der Waals surface area contributed by atoms with Crippen LogP contribution >= 0.6 is 11.8 Å². The first-order valence-corrected chi connectivity index (χ1v) is 11.2. The third kappa shape index (κ3) is 6.69. The van der Waals surface area contributed by atoms with Crippen molar-refractivity contribution in [2.75, 3.05) is 12.9 Å². The molecule has 0 spiro atoms. The maximum atomic E-state index is 12.6. The molecule has 2 atom stereocenters. The molecule has 0 radical (unpaired) electrons. The van der Waals surface area contributed by atoms with Gasteiger partial charge in [-0.25, -0.2) is 9.59 Å². The number of benzene rings is 2. The van der Waals surface area contributed by atoms with E-state index in [0.717, 1.165) is 11.1 Å². The molecule has 172 valence electrons. The number of methoxy groups -OCH3 is 1. The van der Waals surface area contributed by atoms with Crippen molar-refractivity contribution in [2.45, 2.75) is 24.4 Å². The van der Waals surface area contributed by atoms with Crippen molar-refractivity contribution in [3.63, 3.8) is 0 Å². The zero-order chi connectivity index (χ0) is 23.8. The minimum atomic E-state index is -1.30. The topological polar surface area (TPSA) is 114 Å². The number of rotatable bonds is 9. The Kier molecular flexibility index (Phi) is 8.26. The number of nitrogens with zero attached hydrogens (tertiary/aromatic N) is 1. The van der Waals surface area contributed by atoms with Gasteiger partial charge in [0.2, 0.25) is 5.91 Å². The second-order valence-corrected chi connectivity index (χ2v) is 8.36. The molecule has 0 fully saturated rings. The van der Waals surface area contributed by atoms with Crippen LogP contribution in [0.1, 0.15) is 11.1 Å². The molecule has 0 aliphatic carbocycles. The highest BCUT2D eigenvalue weighted by Crippen LogP contribution is 2.26. The molecule has 0 saturated carbocycles. The Morgan fingerprint density at radius 2 is 1.85 bits per heavy atom. The van der Waals surface area contributed by atoms with Crippen molar-refractivity contribution in [3.05, 3.63) is 77.9 Å². The first-order chi connectivity index (χ1) is 15.9. The summed E-state index contributed by atoms with van der Waals surface area (Å²) in [6.45, 7) is 3.86. The van der Waals surface area contributed by atoms with E-state index in [9.17, 15) is 19.5 Å². The summed E-state index contributed by atoms with van der Waals surface area (Å²) >= 11 is 1.19. The standard InChI is InChI=1S/C24H24N2O6S/c1-15-14-33-22(21(23(28)29)25-19(27)12-16-6-4-3-5-7-16)26-20(15)24(30)32-13-17-8-10-18(31-2)11-9-17/h3-11,21-22H,1,12-14H2,2H3,(H,25,27)(H,28,29)/t21-,22+/m0/s1. The van der Waals surface area contributed by atoms with E-state index in [1.807, 2.05) is 6.07 Å². The SMILES string of the molecule is C=C1CS[C@H]([C@H](NC(=O)Cc2ccccc2)C(=O)O)N=C1C(=O)OCc1ccc(OC)cc1. The molecule has 2 aromatic rings. The molecule has 0 bridgehead atoms. The fraction of sp³-hybridized carbons (Fsp3) is 0.250. The third-order valence-electron chi connectivity index (χ3n) is 4.82. The van der Waals surface area contributed by atoms with Gasteiger partial charge in [0.05, 0.1) is 13.5 Å². The number of carbonyl (C=O) groups excluding carboxylic acids is 2. The normalized spacial score (nSPS) is 16.3. The van der Waals surface area contributed by atoms with Crippen LogP contribution in [-0.4, -0.2) is 52.9 Å². The van der Waals surface area contributed by atoms with E-state index in [0.29, 0.717) is 17.1 Å². The van der Waals surface area contributed by atoms with Gasteiger partial charge in [-0.3, -0.25) is 9.79 Å². The Morgan fingerprint density at radius 3 is 2.48 bits per heavy atom. The van der Waals surface area contributed by atoms with Gasteiger partial charge < -0.3 is 19.9 Å². The zero-order valence-electron chi connectivity index (χ0n) is 18.0. The average Bonchev–Trinajstić information content (AvgIpc) is 2.82. The number of nitrogens with one attached hydrogen (secondary N) is 1. The molecule has 1 aliphatic heterocycles. The number of carboxylic acids is 1. The molecule has 2 aromatic carbocycles. The lowest BCUT2D eigenvalue weighted by atomic mass is 10.1. The minimum absolute atomic E-state index is 0.0170. The average molecular weight is 469 g/mol.